The molecule has 0 aliphatic carbocycles. The average Bonchev–Trinajstić information content (AvgIpc) is 2.96. The highest BCUT2D eigenvalue weighted by Gasteiger charge is 2.34. The van der Waals surface area contributed by atoms with Crippen molar-refractivity contribution in [2.75, 3.05) is 37.6 Å². The number of rotatable bonds is 3. The lowest BCUT2D eigenvalue weighted by Crippen LogP contribution is -2.44. The molecule has 0 aromatic heterocycles. The number of halogens is 3. The van der Waals surface area contributed by atoms with Gasteiger partial charge in [0.05, 0.1) is 35.8 Å². The first-order valence-corrected chi connectivity index (χ1v) is 10.9. The van der Waals surface area contributed by atoms with Crippen molar-refractivity contribution in [3.63, 3.8) is 0 Å². The molecule has 0 bridgehead atoms. The molecule has 8 heteroatoms. The van der Waals surface area contributed by atoms with Gasteiger partial charge in [-0.15, -0.1) is 5.10 Å². The topological polar surface area (TPSA) is 43.6 Å². The Kier molecular flexibility index (Phi) is 5.55. The van der Waals surface area contributed by atoms with Crippen LogP contribution < -0.4 is 4.90 Å². The van der Waals surface area contributed by atoms with Crippen molar-refractivity contribution in [1.29, 1.82) is 0 Å². The second kappa shape index (κ2) is 8.50. The van der Waals surface area contributed by atoms with Crippen LogP contribution in [0.3, 0.4) is 0 Å². The fraction of sp³-hybridized carbons (Fsp3) is 0.375. The molecule has 5 rings (SSSR count). The zero-order valence-electron chi connectivity index (χ0n) is 17.6. The second-order valence-electron chi connectivity index (χ2n) is 8.37. The van der Waals surface area contributed by atoms with Gasteiger partial charge in [-0.1, -0.05) is 36.8 Å². The van der Waals surface area contributed by atoms with E-state index >= 15 is 0 Å². The van der Waals surface area contributed by atoms with E-state index in [-0.39, 0.29) is 6.54 Å². The average molecular weight is 439 g/mol. The molecule has 0 spiro atoms. The van der Waals surface area contributed by atoms with Gasteiger partial charge >= 0.3 is 6.18 Å². The molecule has 3 heterocycles. The van der Waals surface area contributed by atoms with Gasteiger partial charge in [0.15, 0.2) is 5.84 Å². The summed E-state index contributed by atoms with van der Waals surface area (Å²) in [6, 6.07) is 13.2. The van der Waals surface area contributed by atoms with Gasteiger partial charge in [-0.2, -0.15) is 18.3 Å². The monoisotopic (exact) mass is 439 g/mol. The third-order valence-electron chi connectivity index (χ3n) is 6.11. The van der Waals surface area contributed by atoms with Crippen LogP contribution in [0.25, 0.3) is 0 Å². The molecule has 0 N–H and O–H groups in total. The lowest BCUT2D eigenvalue weighted by atomic mass is 9.97. The molecule has 5 nitrogen and oxygen atoms in total. The molecule has 0 unspecified atom stereocenters. The molecule has 0 amide bonds. The Balaban J connectivity index is 1.54. The zero-order chi connectivity index (χ0) is 22.1. The molecular formula is C24H24F3N5. The Morgan fingerprint density at radius 3 is 2.44 bits per heavy atom. The van der Waals surface area contributed by atoms with E-state index in [1.54, 1.807) is 6.07 Å². The Morgan fingerprint density at radius 2 is 1.69 bits per heavy atom. The molecule has 2 aromatic carbocycles. The summed E-state index contributed by atoms with van der Waals surface area (Å²) in [5.41, 5.74) is 2.71. The van der Waals surface area contributed by atoms with E-state index in [1.165, 1.54) is 25.3 Å². The number of piperidine rings is 1. The summed E-state index contributed by atoms with van der Waals surface area (Å²) in [6.07, 6.45) is -0.805. The smallest absolute Gasteiger partial charge is 0.320 e. The van der Waals surface area contributed by atoms with E-state index in [0.717, 1.165) is 37.0 Å². The number of fused-ring (bicyclic) bond motifs is 3. The van der Waals surface area contributed by atoms with Gasteiger partial charge in [-0.25, -0.2) is 0 Å². The van der Waals surface area contributed by atoms with Crippen LogP contribution in [0.15, 0.2) is 63.7 Å². The number of alkyl halides is 3. The summed E-state index contributed by atoms with van der Waals surface area (Å²) in [5, 5.41) is 8.88. The highest BCUT2D eigenvalue weighted by atomic mass is 19.4. The van der Waals surface area contributed by atoms with E-state index in [9.17, 15) is 13.2 Å². The number of likely N-dealkylation sites (tertiary alicyclic amines) is 1. The Bertz CT molecular complexity index is 1080. The van der Waals surface area contributed by atoms with Crippen molar-refractivity contribution in [3.8, 4) is 0 Å². The summed E-state index contributed by atoms with van der Waals surface area (Å²) in [5.74, 6) is 0.652. The van der Waals surface area contributed by atoms with Crippen molar-refractivity contribution in [2.24, 2.45) is 15.2 Å². The van der Waals surface area contributed by atoms with Gasteiger partial charge in [0.2, 0.25) is 0 Å². The minimum atomic E-state index is -4.43. The van der Waals surface area contributed by atoms with Gasteiger partial charge < -0.3 is 4.90 Å². The highest BCUT2D eigenvalue weighted by Crippen LogP contribution is 2.35. The molecule has 166 valence electrons. The van der Waals surface area contributed by atoms with Crippen LogP contribution in [0.4, 0.5) is 18.9 Å². The predicted molar refractivity (Wildman–Crippen MR) is 121 cm³/mol. The lowest BCUT2D eigenvalue weighted by Gasteiger charge is -2.32. The first-order valence-electron chi connectivity index (χ1n) is 10.9. The Hall–Kier alpha value is -3.00. The molecule has 0 saturated carbocycles. The van der Waals surface area contributed by atoms with Crippen molar-refractivity contribution >= 4 is 22.9 Å². The maximum absolute atomic E-state index is 13.5. The first kappa shape index (κ1) is 20.9. The van der Waals surface area contributed by atoms with Crippen LogP contribution in [0, 0.1) is 0 Å². The summed E-state index contributed by atoms with van der Waals surface area (Å²) in [6.45, 7) is 3.59. The van der Waals surface area contributed by atoms with Crippen molar-refractivity contribution in [2.45, 2.75) is 25.4 Å². The minimum absolute atomic E-state index is 0.265. The largest absolute Gasteiger partial charge is 0.416 e. The van der Waals surface area contributed by atoms with Gasteiger partial charge in [-0.05, 0) is 44.1 Å². The summed E-state index contributed by atoms with van der Waals surface area (Å²) in [4.78, 5) is 9.03. The number of anilines is 1. The maximum Gasteiger partial charge on any atom is 0.416 e. The number of hydrogen-bond donors (Lipinski definition) is 0. The third kappa shape index (κ3) is 4.19. The van der Waals surface area contributed by atoms with E-state index in [2.05, 4.69) is 20.1 Å². The number of amidine groups is 1. The second-order valence-corrected chi connectivity index (χ2v) is 8.37. The molecule has 0 atom stereocenters. The number of benzene rings is 2. The molecule has 3 aliphatic rings. The quantitative estimate of drug-likeness (QED) is 0.701. The van der Waals surface area contributed by atoms with Crippen molar-refractivity contribution in [3.05, 3.63) is 65.2 Å². The SMILES string of the molecule is FC(F)(F)c1ccc2c(c1)C(c1ccccc1)=NCC1=NN=C(CN3CCCCC3)CN12. The Morgan fingerprint density at radius 1 is 0.906 bits per heavy atom. The standard InChI is InChI=1S/C24H24F3N5/c25-24(26,27)18-9-10-21-20(13-18)23(17-7-3-1-4-8-17)28-14-22-30-29-19(16-32(21)22)15-31-11-5-2-6-12-31/h1,3-4,7-10,13H,2,5-6,11-12,14-16H2. The van der Waals surface area contributed by atoms with E-state index < -0.39 is 11.7 Å². The predicted octanol–water partition coefficient (Wildman–Crippen LogP) is 4.62. The summed E-state index contributed by atoms with van der Waals surface area (Å²) in [7, 11) is 0. The molecular weight excluding hydrogens is 415 g/mol. The van der Waals surface area contributed by atoms with Crippen LogP contribution >= 0.6 is 0 Å². The van der Waals surface area contributed by atoms with Gasteiger partial charge in [0.25, 0.3) is 0 Å². The van der Waals surface area contributed by atoms with Crippen LogP contribution in [-0.4, -0.2) is 54.9 Å². The summed E-state index contributed by atoms with van der Waals surface area (Å²) < 4.78 is 40.6. The molecule has 2 aromatic rings. The molecule has 1 fully saturated rings. The molecule has 0 radical (unpaired) electrons. The minimum Gasteiger partial charge on any atom is -0.320 e. The van der Waals surface area contributed by atoms with Gasteiger partial charge in [-0.3, -0.25) is 9.89 Å². The van der Waals surface area contributed by atoms with E-state index in [4.69, 9.17) is 0 Å². The van der Waals surface area contributed by atoms with Crippen molar-refractivity contribution < 1.29 is 13.2 Å². The normalized spacial score (nSPS) is 19.3. The number of hydrogen-bond acceptors (Lipinski definition) is 5. The van der Waals surface area contributed by atoms with Crippen LogP contribution in [-0.2, 0) is 6.18 Å². The fourth-order valence-corrected chi connectivity index (χ4v) is 4.50. The Labute approximate surface area is 185 Å². The fourth-order valence-electron chi connectivity index (χ4n) is 4.50. The highest BCUT2D eigenvalue weighted by molar-refractivity contribution is 6.21. The summed E-state index contributed by atoms with van der Waals surface area (Å²) >= 11 is 0. The van der Waals surface area contributed by atoms with Crippen LogP contribution in [0.1, 0.15) is 36.0 Å². The van der Waals surface area contributed by atoms with Gasteiger partial charge in [0, 0.05) is 17.7 Å². The lowest BCUT2D eigenvalue weighted by molar-refractivity contribution is -0.137. The number of aliphatic imine (C=N–C) groups is 1. The van der Waals surface area contributed by atoms with Crippen LogP contribution in [0.2, 0.25) is 0 Å². The third-order valence-corrected chi connectivity index (χ3v) is 6.11. The molecule has 1 saturated heterocycles. The molecule has 3 aliphatic heterocycles. The van der Waals surface area contributed by atoms with Crippen molar-refractivity contribution in [1.82, 2.24) is 4.90 Å². The van der Waals surface area contributed by atoms with E-state index in [1.807, 2.05) is 35.2 Å². The first-order chi connectivity index (χ1) is 15.5. The number of nitrogens with zero attached hydrogens (tertiary/aromatic N) is 5. The van der Waals surface area contributed by atoms with E-state index in [0.29, 0.717) is 29.3 Å². The zero-order valence-corrected chi connectivity index (χ0v) is 17.6. The maximum atomic E-state index is 13.5. The van der Waals surface area contributed by atoms with Crippen LogP contribution in [0.5, 0.6) is 0 Å². The van der Waals surface area contributed by atoms with Gasteiger partial charge in [0.1, 0.15) is 0 Å². The molecule has 32 heavy (non-hydrogen) atoms.